The Kier molecular flexibility index (Phi) is 10.4. The third-order valence-electron chi connectivity index (χ3n) is 4.77. The van der Waals surface area contributed by atoms with Crippen LogP contribution in [0.1, 0.15) is 46.5 Å². The average Bonchev–Trinajstić information content (AvgIpc) is 3.18. The van der Waals surface area contributed by atoms with Gasteiger partial charge in [-0.05, 0) is 38.6 Å². The highest BCUT2D eigenvalue weighted by Gasteiger charge is 2.34. The van der Waals surface area contributed by atoms with Crippen LogP contribution in [0.2, 0.25) is 0 Å². The van der Waals surface area contributed by atoms with Crippen LogP contribution in [0.25, 0.3) is 0 Å². The lowest BCUT2D eigenvalue weighted by molar-refractivity contribution is -0.148. The topological polar surface area (TPSA) is 194 Å². The molecule has 31 heavy (non-hydrogen) atoms. The van der Waals surface area contributed by atoms with Crippen LogP contribution in [0.3, 0.4) is 0 Å². The summed E-state index contributed by atoms with van der Waals surface area (Å²) in [7, 11) is 0. The van der Waals surface area contributed by atoms with E-state index in [9.17, 15) is 29.1 Å². The molecule has 3 amide bonds. The maximum absolute atomic E-state index is 12.8. The van der Waals surface area contributed by atoms with Crippen LogP contribution in [0.5, 0.6) is 0 Å². The van der Waals surface area contributed by atoms with E-state index in [1.54, 1.807) is 0 Å². The first-order chi connectivity index (χ1) is 14.4. The van der Waals surface area contributed by atoms with E-state index in [-0.39, 0.29) is 18.2 Å². The van der Waals surface area contributed by atoms with E-state index in [1.807, 2.05) is 19.2 Å². The van der Waals surface area contributed by atoms with Crippen molar-refractivity contribution >= 4 is 29.7 Å². The molecular weight excluding hydrogens is 412 g/mol. The fourth-order valence-electron chi connectivity index (χ4n) is 3.18. The van der Waals surface area contributed by atoms with Gasteiger partial charge in [-0.3, -0.25) is 19.2 Å². The van der Waals surface area contributed by atoms with Gasteiger partial charge in [-0.2, -0.15) is 0 Å². The molecule has 1 aliphatic rings. The molecule has 7 N–H and O–H groups in total. The Balaban J connectivity index is 2.88. The number of aliphatic hydroxyl groups is 1. The molecule has 0 spiro atoms. The molecule has 1 saturated heterocycles. The third kappa shape index (κ3) is 8.89. The van der Waals surface area contributed by atoms with Crippen molar-refractivity contribution in [1.29, 1.82) is 0 Å². The molecule has 12 heteroatoms. The number of rotatable bonds is 12. The van der Waals surface area contributed by atoms with Crippen molar-refractivity contribution in [3.8, 4) is 0 Å². The molecule has 0 aromatic carbocycles. The maximum atomic E-state index is 12.8. The molecule has 0 aromatic heterocycles. The number of carboxylic acid groups (broad SMARTS) is 2. The fraction of sp³-hybridized carbons (Fsp3) is 0.737. The van der Waals surface area contributed by atoms with Crippen molar-refractivity contribution in [3.05, 3.63) is 0 Å². The zero-order valence-corrected chi connectivity index (χ0v) is 17.9. The van der Waals surface area contributed by atoms with Gasteiger partial charge < -0.3 is 36.6 Å². The van der Waals surface area contributed by atoms with Crippen molar-refractivity contribution in [2.24, 2.45) is 5.92 Å². The number of aliphatic carboxylic acids is 2. The second kappa shape index (κ2) is 12.2. The molecule has 5 atom stereocenters. The third-order valence-corrected chi connectivity index (χ3v) is 4.77. The molecule has 0 bridgehead atoms. The van der Waals surface area contributed by atoms with Crippen LogP contribution in [-0.2, 0) is 24.0 Å². The largest absolute Gasteiger partial charge is 0.481 e. The second-order valence-electron chi connectivity index (χ2n) is 8.06. The number of carbonyl (C=O) groups is 5. The van der Waals surface area contributed by atoms with E-state index in [2.05, 4.69) is 16.0 Å². The van der Waals surface area contributed by atoms with Gasteiger partial charge >= 0.3 is 11.9 Å². The van der Waals surface area contributed by atoms with Gasteiger partial charge in [0.05, 0.1) is 18.6 Å². The summed E-state index contributed by atoms with van der Waals surface area (Å²) in [5.41, 5.74) is 0. The summed E-state index contributed by atoms with van der Waals surface area (Å²) in [5, 5.41) is 37.9. The van der Waals surface area contributed by atoms with Crippen molar-refractivity contribution < 1.29 is 39.3 Å². The Morgan fingerprint density at radius 3 is 2.06 bits per heavy atom. The van der Waals surface area contributed by atoms with Crippen LogP contribution in [0.15, 0.2) is 0 Å². The smallest absolute Gasteiger partial charge is 0.326 e. The van der Waals surface area contributed by atoms with Crippen molar-refractivity contribution in [3.63, 3.8) is 0 Å². The number of carbonyl (C=O) groups excluding carboxylic acids is 3. The molecule has 0 aliphatic carbocycles. The molecule has 0 saturated carbocycles. The quantitative estimate of drug-likeness (QED) is 0.181. The number of aliphatic hydroxyl groups excluding tert-OH is 1. The Labute approximate surface area is 180 Å². The van der Waals surface area contributed by atoms with Crippen LogP contribution < -0.4 is 21.3 Å². The minimum absolute atomic E-state index is 0.0263. The second-order valence-corrected chi connectivity index (χ2v) is 8.06. The summed E-state index contributed by atoms with van der Waals surface area (Å²) in [5.74, 6) is -5.09. The summed E-state index contributed by atoms with van der Waals surface area (Å²) < 4.78 is 0. The van der Waals surface area contributed by atoms with E-state index in [1.165, 1.54) is 6.92 Å². The Morgan fingerprint density at radius 1 is 0.968 bits per heavy atom. The first kappa shape index (κ1) is 26.3. The molecule has 5 unspecified atom stereocenters. The summed E-state index contributed by atoms with van der Waals surface area (Å²) in [6, 6.07) is -4.66. The normalized spacial score (nSPS) is 19.7. The van der Waals surface area contributed by atoms with Gasteiger partial charge in [-0.1, -0.05) is 13.8 Å². The fourth-order valence-corrected chi connectivity index (χ4v) is 3.18. The number of hydrogen-bond donors (Lipinski definition) is 7. The summed E-state index contributed by atoms with van der Waals surface area (Å²) in [4.78, 5) is 59.6. The lowest BCUT2D eigenvalue weighted by atomic mass is 10.0. The first-order valence-corrected chi connectivity index (χ1v) is 10.2. The highest BCUT2D eigenvalue weighted by molar-refractivity contribution is 5.95. The molecule has 0 aromatic rings. The Hall–Kier alpha value is -2.73. The first-order valence-electron chi connectivity index (χ1n) is 10.2. The van der Waals surface area contributed by atoms with E-state index >= 15 is 0 Å². The number of amides is 3. The SMILES string of the molecule is CC(C)CC(NC(=O)C1CCCN1)C(=O)NC(C(=O)NC(CC(=O)O)C(=O)O)C(C)O. The van der Waals surface area contributed by atoms with E-state index in [0.29, 0.717) is 13.0 Å². The van der Waals surface area contributed by atoms with Crippen molar-refractivity contribution in [1.82, 2.24) is 21.3 Å². The molecule has 0 radical (unpaired) electrons. The van der Waals surface area contributed by atoms with Crippen LogP contribution >= 0.6 is 0 Å². The molecule has 12 nitrogen and oxygen atoms in total. The predicted molar refractivity (Wildman–Crippen MR) is 108 cm³/mol. The number of hydrogen-bond acceptors (Lipinski definition) is 7. The van der Waals surface area contributed by atoms with E-state index < -0.39 is 60.4 Å². The average molecular weight is 444 g/mol. The highest BCUT2D eigenvalue weighted by atomic mass is 16.4. The molecule has 176 valence electrons. The summed E-state index contributed by atoms with van der Waals surface area (Å²) in [6.07, 6.45) is -0.530. The number of nitrogens with one attached hydrogen (secondary N) is 4. The molecular formula is C19H32N4O8. The van der Waals surface area contributed by atoms with Gasteiger partial charge in [-0.15, -0.1) is 0 Å². The lowest BCUT2D eigenvalue weighted by Gasteiger charge is -2.27. The van der Waals surface area contributed by atoms with Crippen LogP contribution in [0.4, 0.5) is 0 Å². The molecule has 1 aliphatic heterocycles. The standard InChI is InChI=1S/C19H32N4O8/c1-9(2)7-12(21-16(27)11-5-4-6-20-11)17(28)23-15(10(3)24)18(29)22-13(19(30)31)8-14(25)26/h9-13,15,20,24H,4-8H2,1-3H3,(H,21,27)(H,22,29)(H,23,28)(H,25,26)(H,30,31). The zero-order valence-electron chi connectivity index (χ0n) is 17.9. The molecule has 1 heterocycles. The van der Waals surface area contributed by atoms with Gasteiger partial charge in [0.2, 0.25) is 17.7 Å². The minimum Gasteiger partial charge on any atom is -0.481 e. The molecule has 1 fully saturated rings. The Morgan fingerprint density at radius 2 is 1.61 bits per heavy atom. The molecule has 1 rings (SSSR count). The van der Waals surface area contributed by atoms with Crippen LogP contribution in [0, 0.1) is 5.92 Å². The summed E-state index contributed by atoms with van der Waals surface area (Å²) >= 11 is 0. The lowest BCUT2D eigenvalue weighted by Crippen LogP contribution is -2.60. The van der Waals surface area contributed by atoms with E-state index in [0.717, 1.165) is 6.42 Å². The van der Waals surface area contributed by atoms with Gasteiger partial charge in [0.15, 0.2) is 0 Å². The van der Waals surface area contributed by atoms with Gasteiger partial charge in [0, 0.05) is 0 Å². The predicted octanol–water partition coefficient (Wildman–Crippen LogP) is -1.82. The van der Waals surface area contributed by atoms with Crippen molar-refractivity contribution in [2.75, 3.05) is 6.54 Å². The minimum atomic E-state index is -1.73. The Bertz CT molecular complexity index is 676. The van der Waals surface area contributed by atoms with Crippen LogP contribution in [-0.4, -0.2) is 81.8 Å². The van der Waals surface area contributed by atoms with Crippen molar-refractivity contribution in [2.45, 2.75) is 76.7 Å². The van der Waals surface area contributed by atoms with Gasteiger partial charge in [-0.25, -0.2) is 4.79 Å². The van der Waals surface area contributed by atoms with E-state index in [4.69, 9.17) is 10.2 Å². The zero-order chi connectivity index (χ0) is 23.7. The number of carboxylic acids is 2. The maximum Gasteiger partial charge on any atom is 0.326 e. The van der Waals surface area contributed by atoms with Gasteiger partial charge in [0.25, 0.3) is 0 Å². The monoisotopic (exact) mass is 444 g/mol. The summed E-state index contributed by atoms with van der Waals surface area (Å²) in [6.45, 7) is 5.62. The highest BCUT2D eigenvalue weighted by Crippen LogP contribution is 2.10. The van der Waals surface area contributed by atoms with Gasteiger partial charge in [0.1, 0.15) is 18.1 Å².